The summed E-state index contributed by atoms with van der Waals surface area (Å²) < 4.78 is 67.8. The highest BCUT2D eigenvalue weighted by Crippen LogP contribution is 2.32. The lowest BCUT2D eigenvalue weighted by Crippen LogP contribution is -2.20. The van der Waals surface area contributed by atoms with Crippen LogP contribution in [0, 0.1) is 36.0 Å². The predicted molar refractivity (Wildman–Crippen MR) is 80.3 cm³/mol. The topological polar surface area (TPSA) is 41.1 Å². The molecule has 0 aliphatic heterocycles. The number of anilines is 1. The molecule has 0 spiro atoms. The zero-order valence-electron chi connectivity index (χ0n) is 12.5. The lowest BCUT2D eigenvalue weighted by Gasteiger charge is -2.19. The molecule has 0 unspecified atom stereocenters. The Morgan fingerprint density at radius 1 is 1.04 bits per heavy atom. The fourth-order valence-electron chi connectivity index (χ4n) is 1.79. The highest BCUT2D eigenvalue weighted by atomic mass is 32.2. The van der Waals surface area contributed by atoms with Gasteiger partial charge in [0.1, 0.15) is 11.2 Å². The summed E-state index contributed by atoms with van der Waals surface area (Å²) in [5.41, 5.74) is 3.79. The van der Waals surface area contributed by atoms with E-state index in [-0.39, 0.29) is 17.8 Å². The zero-order chi connectivity index (χ0) is 18.0. The first-order valence-corrected chi connectivity index (χ1v) is 7.19. The zero-order valence-corrected chi connectivity index (χ0v) is 13.3. The molecule has 1 aromatic carbocycles. The molecule has 0 aliphatic rings. The van der Waals surface area contributed by atoms with Crippen LogP contribution in [0.1, 0.15) is 11.3 Å². The van der Waals surface area contributed by atoms with Crippen molar-refractivity contribution in [2.24, 2.45) is 0 Å². The maximum atomic E-state index is 13.7. The number of nitrogens with one attached hydrogen (secondary N) is 1. The monoisotopic (exact) mass is 362 g/mol. The van der Waals surface area contributed by atoms with Crippen LogP contribution in [0.4, 0.5) is 27.8 Å². The van der Waals surface area contributed by atoms with Gasteiger partial charge in [0.15, 0.2) is 29.1 Å². The molecule has 1 N–H and O–H groups in total. The van der Waals surface area contributed by atoms with Crippen LogP contribution in [-0.2, 0) is 0 Å². The van der Waals surface area contributed by atoms with Gasteiger partial charge in [-0.25, -0.2) is 31.9 Å². The number of halogens is 5. The molecule has 128 valence electrons. The van der Waals surface area contributed by atoms with Crippen molar-refractivity contribution in [1.82, 2.24) is 14.4 Å². The van der Waals surface area contributed by atoms with E-state index in [9.17, 15) is 22.0 Å². The number of nitrogens with zero attached hydrogens (tertiary/aromatic N) is 3. The molecule has 1 aromatic heterocycles. The van der Waals surface area contributed by atoms with E-state index in [1.807, 2.05) is 0 Å². The van der Waals surface area contributed by atoms with Crippen molar-refractivity contribution in [3.8, 4) is 0 Å². The molecule has 1 heterocycles. The van der Waals surface area contributed by atoms with Gasteiger partial charge in [-0.15, -0.1) is 0 Å². The number of aryl methyl sites for hydroxylation is 1. The van der Waals surface area contributed by atoms with E-state index in [0.717, 1.165) is 4.41 Å². The SMILES string of the molecule is C=Cc1c(C)ncnc1NN(C)Sc1c(F)c(F)c(F)c(F)c1F. The quantitative estimate of drug-likeness (QED) is 0.285. The Morgan fingerprint density at radius 2 is 1.58 bits per heavy atom. The van der Waals surface area contributed by atoms with Crippen molar-refractivity contribution in [2.75, 3.05) is 12.5 Å². The molecule has 0 bridgehead atoms. The summed E-state index contributed by atoms with van der Waals surface area (Å²) >= 11 is 0.285. The number of hydrogen-bond donors (Lipinski definition) is 1. The minimum Gasteiger partial charge on any atom is -0.293 e. The molecule has 0 radical (unpaired) electrons. The van der Waals surface area contributed by atoms with Gasteiger partial charge in [-0.05, 0) is 18.9 Å². The maximum Gasteiger partial charge on any atom is 0.200 e. The van der Waals surface area contributed by atoms with Crippen molar-refractivity contribution >= 4 is 23.8 Å². The normalized spacial score (nSPS) is 11.0. The number of benzene rings is 1. The molecule has 4 nitrogen and oxygen atoms in total. The first-order valence-electron chi connectivity index (χ1n) is 6.41. The molecule has 2 aromatic rings. The molecular weight excluding hydrogens is 351 g/mol. The third-order valence-corrected chi connectivity index (χ3v) is 3.85. The van der Waals surface area contributed by atoms with Gasteiger partial charge in [0.05, 0.1) is 5.69 Å². The second-order valence-corrected chi connectivity index (χ2v) is 5.66. The van der Waals surface area contributed by atoms with Crippen LogP contribution in [0.3, 0.4) is 0 Å². The van der Waals surface area contributed by atoms with Crippen LogP contribution in [0.15, 0.2) is 17.8 Å². The van der Waals surface area contributed by atoms with Crippen LogP contribution in [0.25, 0.3) is 6.08 Å². The van der Waals surface area contributed by atoms with Gasteiger partial charge in [-0.2, -0.15) is 4.41 Å². The van der Waals surface area contributed by atoms with E-state index in [0.29, 0.717) is 11.3 Å². The van der Waals surface area contributed by atoms with Crippen molar-refractivity contribution in [1.29, 1.82) is 0 Å². The fourth-order valence-corrected chi connectivity index (χ4v) is 2.54. The minimum absolute atomic E-state index is 0.261. The number of hydrazine groups is 1. The average molecular weight is 362 g/mol. The average Bonchev–Trinajstić information content (AvgIpc) is 2.55. The Kier molecular flexibility index (Phi) is 5.40. The standard InChI is InChI=1S/C14H11F5N4S/c1-4-7-6(2)20-5-21-14(7)22-23(3)24-13-11(18)9(16)8(15)10(17)12(13)19/h4-5H,1H2,2-3H3,(H,20,21,22). The lowest BCUT2D eigenvalue weighted by molar-refractivity contribution is 0.360. The van der Waals surface area contributed by atoms with E-state index in [1.165, 1.54) is 19.5 Å². The summed E-state index contributed by atoms with van der Waals surface area (Å²) in [6.07, 6.45) is 2.72. The summed E-state index contributed by atoms with van der Waals surface area (Å²) in [5, 5.41) is 0. The van der Waals surface area contributed by atoms with Crippen LogP contribution in [0.5, 0.6) is 0 Å². The second kappa shape index (κ2) is 7.14. The van der Waals surface area contributed by atoms with Crippen molar-refractivity contribution in [2.45, 2.75) is 11.8 Å². The Hall–Kier alpha value is -2.20. The molecule has 24 heavy (non-hydrogen) atoms. The summed E-state index contributed by atoms with van der Waals surface area (Å²) in [6.45, 7) is 5.29. The molecule has 10 heteroatoms. The van der Waals surface area contributed by atoms with Crippen molar-refractivity contribution in [3.05, 3.63) is 53.2 Å². The summed E-state index contributed by atoms with van der Waals surface area (Å²) in [5.74, 6) is -9.77. The highest BCUT2D eigenvalue weighted by molar-refractivity contribution is 7.97. The molecule has 0 amide bonds. The first-order chi connectivity index (χ1) is 11.3. The smallest absolute Gasteiger partial charge is 0.200 e. The second-order valence-electron chi connectivity index (χ2n) is 4.53. The van der Waals surface area contributed by atoms with Gasteiger partial charge < -0.3 is 0 Å². The molecule has 0 fully saturated rings. The van der Waals surface area contributed by atoms with Crippen LogP contribution < -0.4 is 5.43 Å². The van der Waals surface area contributed by atoms with Gasteiger partial charge in [0.25, 0.3) is 0 Å². The van der Waals surface area contributed by atoms with E-state index in [4.69, 9.17) is 0 Å². The molecule has 2 rings (SSSR count). The summed E-state index contributed by atoms with van der Waals surface area (Å²) in [7, 11) is 1.33. The Labute approximate surface area is 138 Å². The van der Waals surface area contributed by atoms with Gasteiger partial charge in [-0.3, -0.25) is 5.43 Å². The number of rotatable bonds is 5. The Balaban J connectivity index is 2.30. The van der Waals surface area contributed by atoms with E-state index >= 15 is 0 Å². The maximum absolute atomic E-state index is 13.7. The van der Waals surface area contributed by atoms with Gasteiger partial charge in [0, 0.05) is 12.6 Å². The number of aromatic nitrogens is 2. The van der Waals surface area contributed by atoms with Crippen molar-refractivity contribution in [3.63, 3.8) is 0 Å². The fraction of sp³-hybridized carbons (Fsp3) is 0.143. The van der Waals surface area contributed by atoms with Gasteiger partial charge in [-0.1, -0.05) is 12.7 Å². The van der Waals surface area contributed by atoms with Crippen LogP contribution >= 0.6 is 11.9 Å². The molecule has 0 saturated heterocycles. The lowest BCUT2D eigenvalue weighted by atomic mass is 10.2. The van der Waals surface area contributed by atoms with E-state index in [1.54, 1.807) is 6.92 Å². The van der Waals surface area contributed by atoms with Crippen molar-refractivity contribution < 1.29 is 22.0 Å². The summed E-state index contributed by atoms with van der Waals surface area (Å²) in [4.78, 5) is 6.86. The molecular formula is C14H11F5N4S. The highest BCUT2D eigenvalue weighted by Gasteiger charge is 2.27. The predicted octanol–water partition coefficient (Wildman–Crippen LogP) is 4.09. The largest absolute Gasteiger partial charge is 0.293 e. The minimum atomic E-state index is -2.20. The third kappa shape index (κ3) is 3.34. The first kappa shape index (κ1) is 18.1. The number of hydrogen-bond acceptors (Lipinski definition) is 5. The van der Waals surface area contributed by atoms with E-state index in [2.05, 4.69) is 22.0 Å². The van der Waals surface area contributed by atoms with Crippen LogP contribution in [-0.4, -0.2) is 21.4 Å². The summed E-state index contributed by atoms with van der Waals surface area (Å²) in [6, 6.07) is 0. The molecule has 0 saturated carbocycles. The van der Waals surface area contributed by atoms with Gasteiger partial charge >= 0.3 is 0 Å². The third-order valence-electron chi connectivity index (χ3n) is 2.95. The Morgan fingerprint density at radius 3 is 2.12 bits per heavy atom. The molecule has 0 aliphatic carbocycles. The van der Waals surface area contributed by atoms with Gasteiger partial charge in [0.2, 0.25) is 5.82 Å². The molecule has 0 atom stereocenters. The Bertz CT molecular complexity index is 770. The van der Waals surface area contributed by atoms with E-state index < -0.39 is 34.0 Å². The van der Waals surface area contributed by atoms with Crippen LogP contribution in [0.2, 0.25) is 0 Å².